The lowest BCUT2D eigenvalue weighted by molar-refractivity contribution is 0.0989. The minimum absolute atomic E-state index is 0.0131. The van der Waals surface area contributed by atoms with E-state index in [9.17, 15) is 14.0 Å². The molecule has 0 radical (unpaired) electrons. The van der Waals surface area contributed by atoms with E-state index in [2.05, 4.69) is 10.6 Å². The van der Waals surface area contributed by atoms with Crippen molar-refractivity contribution in [2.75, 3.05) is 11.4 Å². The van der Waals surface area contributed by atoms with Crippen LogP contribution in [0.5, 0.6) is 0 Å². The third-order valence-corrected chi connectivity index (χ3v) is 5.41. The van der Waals surface area contributed by atoms with E-state index in [0.717, 1.165) is 34.4 Å². The maximum absolute atomic E-state index is 13.0. The van der Waals surface area contributed by atoms with E-state index in [-0.39, 0.29) is 17.8 Å². The van der Waals surface area contributed by atoms with Crippen LogP contribution in [0.25, 0.3) is 0 Å². The Labute approximate surface area is 180 Å². The molecule has 5 nitrogen and oxygen atoms in total. The molecule has 0 fully saturated rings. The van der Waals surface area contributed by atoms with Gasteiger partial charge in [0, 0.05) is 30.9 Å². The second-order valence-electron chi connectivity index (χ2n) is 7.70. The Balaban J connectivity index is 1.37. The lowest BCUT2D eigenvalue weighted by atomic mass is 10.1. The van der Waals surface area contributed by atoms with Crippen LogP contribution < -0.4 is 15.5 Å². The van der Waals surface area contributed by atoms with Crippen LogP contribution >= 0.6 is 0 Å². The number of hydrogen-bond acceptors (Lipinski definition) is 2. The van der Waals surface area contributed by atoms with E-state index in [0.29, 0.717) is 25.2 Å². The maximum atomic E-state index is 13.0. The predicted octanol–water partition coefficient (Wildman–Crippen LogP) is 4.34. The summed E-state index contributed by atoms with van der Waals surface area (Å²) in [5.41, 5.74) is 5.55. The molecule has 0 aromatic heterocycles. The smallest absolute Gasteiger partial charge is 0.315 e. The van der Waals surface area contributed by atoms with E-state index >= 15 is 0 Å². The Bertz CT molecular complexity index is 1090. The molecule has 0 atom stereocenters. The van der Waals surface area contributed by atoms with Crippen molar-refractivity contribution in [1.29, 1.82) is 0 Å². The average Bonchev–Trinajstić information content (AvgIpc) is 3.20. The quantitative estimate of drug-likeness (QED) is 0.649. The van der Waals surface area contributed by atoms with Gasteiger partial charge >= 0.3 is 6.03 Å². The van der Waals surface area contributed by atoms with E-state index in [1.165, 1.54) is 12.1 Å². The Morgan fingerprint density at radius 1 is 0.903 bits per heavy atom. The van der Waals surface area contributed by atoms with Crippen LogP contribution in [0, 0.1) is 12.7 Å². The van der Waals surface area contributed by atoms with Gasteiger partial charge in [-0.1, -0.05) is 42.0 Å². The summed E-state index contributed by atoms with van der Waals surface area (Å²) in [5, 5.41) is 5.58. The van der Waals surface area contributed by atoms with Crippen LogP contribution in [-0.4, -0.2) is 18.5 Å². The fourth-order valence-electron chi connectivity index (χ4n) is 3.63. The van der Waals surface area contributed by atoms with Gasteiger partial charge in [-0.3, -0.25) is 4.79 Å². The Kier molecular flexibility index (Phi) is 5.98. The molecule has 1 heterocycles. The summed E-state index contributed by atoms with van der Waals surface area (Å²) in [7, 11) is 0. The first-order valence-corrected chi connectivity index (χ1v) is 10.3. The number of carbonyl (C=O) groups is 2. The van der Waals surface area contributed by atoms with Crippen molar-refractivity contribution < 1.29 is 14.0 Å². The molecule has 1 aliphatic rings. The molecule has 6 heteroatoms. The third-order valence-electron chi connectivity index (χ3n) is 5.41. The molecule has 158 valence electrons. The molecule has 0 spiro atoms. The van der Waals surface area contributed by atoms with Gasteiger partial charge < -0.3 is 15.5 Å². The molecule has 0 bridgehead atoms. The number of aryl methyl sites for hydroxylation is 1. The fraction of sp³-hybridized carbons (Fsp3) is 0.200. The van der Waals surface area contributed by atoms with E-state index in [4.69, 9.17) is 0 Å². The normalized spacial score (nSPS) is 12.4. The minimum atomic E-state index is -0.308. The van der Waals surface area contributed by atoms with E-state index in [1.54, 1.807) is 17.0 Å². The van der Waals surface area contributed by atoms with Gasteiger partial charge in [-0.25, -0.2) is 9.18 Å². The minimum Gasteiger partial charge on any atom is -0.334 e. The number of carbonyl (C=O) groups excluding carboxylic acids is 2. The largest absolute Gasteiger partial charge is 0.334 e. The van der Waals surface area contributed by atoms with Crippen molar-refractivity contribution in [1.82, 2.24) is 10.6 Å². The van der Waals surface area contributed by atoms with Crippen LogP contribution in [0.2, 0.25) is 0 Å². The number of amides is 3. The van der Waals surface area contributed by atoms with Gasteiger partial charge in [-0.15, -0.1) is 0 Å². The number of fused-ring (bicyclic) bond motifs is 1. The molecule has 0 saturated heterocycles. The van der Waals surface area contributed by atoms with Crippen molar-refractivity contribution in [3.8, 4) is 0 Å². The molecule has 3 amide bonds. The molecule has 0 aliphatic carbocycles. The summed E-state index contributed by atoms with van der Waals surface area (Å²) in [6.07, 6.45) is 0.818. The van der Waals surface area contributed by atoms with Crippen LogP contribution in [0.15, 0.2) is 66.7 Å². The number of rotatable bonds is 5. The number of benzene rings is 3. The monoisotopic (exact) mass is 417 g/mol. The number of anilines is 1. The van der Waals surface area contributed by atoms with Gasteiger partial charge in [0.15, 0.2) is 0 Å². The summed E-state index contributed by atoms with van der Waals surface area (Å²) < 4.78 is 13.0. The highest BCUT2D eigenvalue weighted by atomic mass is 19.1. The molecule has 1 aliphatic heterocycles. The zero-order valence-electron chi connectivity index (χ0n) is 17.3. The molecule has 0 unspecified atom stereocenters. The van der Waals surface area contributed by atoms with Crippen LogP contribution in [0.1, 0.15) is 32.6 Å². The summed E-state index contributed by atoms with van der Waals surface area (Å²) in [6.45, 7) is 3.30. The maximum Gasteiger partial charge on any atom is 0.315 e. The van der Waals surface area contributed by atoms with Gasteiger partial charge in [-0.2, -0.15) is 0 Å². The van der Waals surface area contributed by atoms with Crippen LogP contribution in [0.4, 0.5) is 14.9 Å². The van der Waals surface area contributed by atoms with Crippen molar-refractivity contribution >= 4 is 17.6 Å². The second kappa shape index (κ2) is 9.00. The van der Waals surface area contributed by atoms with Crippen molar-refractivity contribution in [2.45, 2.75) is 26.4 Å². The van der Waals surface area contributed by atoms with E-state index < -0.39 is 0 Å². The number of hydrogen-bond donors (Lipinski definition) is 2. The average molecular weight is 417 g/mol. The molecular formula is C25H24FN3O2. The van der Waals surface area contributed by atoms with E-state index in [1.807, 2.05) is 49.4 Å². The number of halogens is 1. The summed E-state index contributed by atoms with van der Waals surface area (Å²) in [5.74, 6) is -0.319. The molecule has 3 aromatic rings. The van der Waals surface area contributed by atoms with Crippen molar-refractivity contribution in [3.05, 3.63) is 100 Å². The number of nitrogens with one attached hydrogen (secondary N) is 2. The molecule has 0 saturated carbocycles. The summed E-state index contributed by atoms with van der Waals surface area (Å²) in [6, 6.07) is 19.2. The first kappa shape index (κ1) is 20.6. The standard InChI is InChI=1S/C25H24FN3O2/c1-17-2-7-21(8-3-17)24(30)29-13-12-20-9-4-19(14-23(20)29)16-28-25(31)27-15-18-5-10-22(26)11-6-18/h2-11,14H,12-13,15-16H2,1H3,(H2,27,28,31). The van der Waals surface area contributed by atoms with Crippen LogP contribution in [-0.2, 0) is 19.5 Å². The molecule has 31 heavy (non-hydrogen) atoms. The SMILES string of the molecule is Cc1ccc(C(=O)N2CCc3ccc(CNC(=O)NCc4ccc(F)cc4)cc32)cc1. The highest BCUT2D eigenvalue weighted by molar-refractivity contribution is 6.07. The van der Waals surface area contributed by atoms with Crippen molar-refractivity contribution in [3.63, 3.8) is 0 Å². The first-order valence-electron chi connectivity index (χ1n) is 10.3. The molecule has 2 N–H and O–H groups in total. The fourth-order valence-corrected chi connectivity index (χ4v) is 3.63. The zero-order chi connectivity index (χ0) is 21.8. The number of nitrogens with zero attached hydrogens (tertiary/aromatic N) is 1. The zero-order valence-corrected chi connectivity index (χ0v) is 17.3. The predicted molar refractivity (Wildman–Crippen MR) is 118 cm³/mol. The van der Waals surface area contributed by atoms with Gasteiger partial charge in [0.05, 0.1) is 0 Å². The Hall–Kier alpha value is -3.67. The van der Waals surface area contributed by atoms with Gasteiger partial charge in [0.1, 0.15) is 5.82 Å². The first-order chi connectivity index (χ1) is 15.0. The second-order valence-corrected chi connectivity index (χ2v) is 7.70. The van der Waals surface area contributed by atoms with Crippen molar-refractivity contribution in [2.24, 2.45) is 0 Å². The van der Waals surface area contributed by atoms with Gasteiger partial charge in [-0.05, 0) is 60.4 Å². The lowest BCUT2D eigenvalue weighted by Crippen LogP contribution is -2.34. The highest BCUT2D eigenvalue weighted by Gasteiger charge is 2.25. The topological polar surface area (TPSA) is 61.4 Å². The lowest BCUT2D eigenvalue weighted by Gasteiger charge is -2.18. The Morgan fingerprint density at radius 2 is 1.55 bits per heavy atom. The molecule has 4 rings (SSSR count). The van der Waals surface area contributed by atoms with Gasteiger partial charge in [0.25, 0.3) is 5.91 Å². The highest BCUT2D eigenvalue weighted by Crippen LogP contribution is 2.30. The van der Waals surface area contributed by atoms with Crippen LogP contribution in [0.3, 0.4) is 0 Å². The van der Waals surface area contributed by atoms with Gasteiger partial charge in [0.2, 0.25) is 0 Å². The Morgan fingerprint density at radius 3 is 2.26 bits per heavy atom. The third kappa shape index (κ3) is 4.91. The summed E-state index contributed by atoms with van der Waals surface area (Å²) in [4.78, 5) is 26.9. The molecule has 3 aromatic carbocycles. The molecular weight excluding hydrogens is 393 g/mol. The summed E-state index contributed by atoms with van der Waals surface area (Å²) >= 11 is 0. The number of urea groups is 1.